The number of nitrogens with one attached hydrogen (secondary N) is 2. The summed E-state index contributed by atoms with van der Waals surface area (Å²) in [5, 5.41) is 3.90. The second-order valence-corrected chi connectivity index (χ2v) is 5.13. The average molecular weight is 367 g/mol. The molecule has 2 N–H and O–H groups in total. The Morgan fingerprint density at radius 2 is 1.73 bits per heavy atom. The molecule has 0 saturated heterocycles. The number of esters is 1. The predicted molar refractivity (Wildman–Crippen MR) is 87.2 cm³/mol. The van der Waals surface area contributed by atoms with Crippen molar-refractivity contribution < 1.29 is 27.5 Å². The summed E-state index contributed by atoms with van der Waals surface area (Å²) < 4.78 is 46.5. The lowest BCUT2D eigenvalue weighted by Gasteiger charge is -2.34. The molecule has 9 heteroatoms. The fourth-order valence-electron chi connectivity index (χ4n) is 2.27. The van der Waals surface area contributed by atoms with E-state index in [0.29, 0.717) is 0 Å². The zero-order valence-corrected chi connectivity index (χ0v) is 13.7. The van der Waals surface area contributed by atoms with Gasteiger partial charge < -0.3 is 10.1 Å². The van der Waals surface area contributed by atoms with E-state index in [4.69, 9.17) is 0 Å². The van der Waals surface area contributed by atoms with Gasteiger partial charge in [0.15, 0.2) is 0 Å². The van der Waals surface area contributed by atoms with Gasteiger partial charge in [0.05, 0.1) is 6.61 Å². The van der Waals surface area contributed by atoms with Gasteiger partial charge in [-0.25, -0.2) is 14.6 Å². The Labute approximate surface area is 147 Å². The van der Waals surface area contributed by atoms with Gasteiger partial charge in [0.25, 0.3) is 5.54 Å². The third-order valence-corrected chi connectivity index (χ3v) is 3.42. The Balaban J connectivity index is 2.45. The van der Waals surface area contributed by atoms with Crippen molar-refractivity contribution in [3.05, 3.63) is 60.3 Å². The molecule has 0 spiro atoms. The highest BCUT2D eigenvalue weighted by molar-refractivity contribution is 5.95. The van der Waals surface area contributed by atoms with Crippen molar-refractivity contribution in [2.45, 2.75) is 18.6 Å². The third-order valence-electron chi connectivity index (χ3n) is 3.42. The highest BCUT2D eigenvalue weighted by Gasteiger charge is 2.64. The van der Waals surface area contributed by atoms with E-state index in [2.05, 4.69) is 15.0 Å². The first-order valence-corrected chi connectivity index (χ1v) is 7.61. The summed E-state index contributed by atoms with van der Waals surface area (Å²) in [4.78, 5) is 28.3. The number of hydrogen-bond donors (Lipinski definition) is 2. The molecule has 26 heavy (non-hydrogen) atoms. The second kappa shape index (κ2) is 7.85. The molecular formula is C17H16F3N3O3. The quantitative estimate of drug-likeness (QED) is 0.795. The van der Waals surface area contributed by atoms with Crippen LogP contribution in [0.5, 0.6) is 0 Å². The highest BCUT2D eigenvalue weighted by atomic mass is 19.4. The molecule has 0 aliphatic rings. The smallest absolute Gasteiger partial charge is 0.426 e. The summed E-state index contributed by atoms with van der Waals surface area (Å²) in [5.41, 5.74) is -3.83. The first kappa shape index (κ1) is 19.2. The number of rotatable bonds is 5. The van der Waals surface area contributed by atoms with Crippen LogP contribution in [-0.4, -0.2) is 29.8 Å². The van der Waals surface area contributed by atoms with Crippen molar-refractivity contribution in [1.82, 2.24) is 10.3 Å². The van der Waals surface area contributed by atoms with Crippen LogP contribution in [0.3, 0.4) is 0 Å². The number of amides is 2. The number of nitrogens with zero attached hydrogens (tertiary/aromatic N) is 1. The molecule has 1 atom stereocenters. The van der Waals surface area contributed by atoms with E-state index < -0.39 is 29.3 Å². The van der Waals surface area contributed by atoms with Gasteiger partial charge >= 0.3 is 18.2 Å². The van der Waals surface area contributed by atoms with Gasteiger partial charge in [-0.1, -0.05) is 36.4 Å². The molecule has 0 bridgehead atoms. The number of ether oxygens (including phenoxy) is 1. The van der Waals surface area contributed by atoms with Crippen LogP contribution in [0.25, 0.3) is 0 Å². The minimum atomic E-state index is -5.15. The monoisotopic (exact) mass is 367 g/mol. The maximum Gasteiger partial charge on any atom is 0.426 e. The van der Waals surface area contributed by atoms with Crippen molar-refractivity contribution in [2.75, 3.05) is 11.9 Å². The van der Waals surface area contributed by atoms with E-state index in [1.807, 2.05) is 0 Å². The lowest BCUT2D eigenvalue weighted by molar-refractivity contribution is -0.213. The van der Waals surface area contributed by atoms with Crippen LogP contribution in [0.1, 0.15) is 12.5 Å². The number of halogens is 3. The Morgan fingerprint density at radius 1 is 1.08 bits per heavy atom. The Bertz CT molecular complexity index is 754. The first-order valence-electron chi connectivity index (χ1n) is 7.61. The number of pyridine rings is 1. The maximum atomic E-state index is 14.0. The molecule has 1 aromatic heterocycles. The number of benzene rings is 1. The summed E-state index contributed by atoms with van der Waals surface area (Å²) in [7, 11) is 0. The van der Waals surface area contributed by atoms with E-state index in [-0.39, 0.29) is 12.4 Å². The van der Waals surface area contributed by atoms with Gasteiger partial charge in [-0.3, -0.25) is 5.32 Å². The Kier molecular flexibility index (Phi) is 5.81. The molecule has 6 nitrogen and oxygen atoms in total. The van der Waals surface area contributed by atoms with Crippen LogP contribution in [0.15, 0.2) is 54.7 Å². The second-order valence-electron chi connectivity index (χ2n) is 5.13. The summed E-state index contributed by atoms with van der Waals surface area (Å²) in [6.45, 7) is 1.09. The normalized spacial score (nSPS) is 13.4. The molecule has 0 fully saturated rings. The van der Waals surface area contributed by atoms with Gasteiger partial charge in [0.2, 0.25) is 0 Å². The van der Waals surface area contributed by atoms with Crippen LogP contribution in [0.2, 0.25) is 0 Å². The number of carbonyl (C=O) groups is 2. The Hall–Kier alpha value is -3.10. The Morgan fingerprint density at radius 3 is 2.27 bits per heavy atom. The van der Waals surface area contributed by atoms with Crippen molar-refractivity contribution >= 4 is 17.8 Å². The number of hydrogen-bond acceptors (Lipinski definition) is 4. The van der Waals surface area contributed by atoms with Gasteiger partial charge in [0, 0.05) is 6.20 Å². The topological polar surface area (TPSA) is 80.3 Å². The van der Waals surface area contributed by atoms with E-state index in [9.17, 15) is 22.8 Å². The van der Waals surface area contributed by atoms with E-state index in [1.165, 1.54) is 37.4 Å². The number of alkyl halides is 3. The highest BCUT2D eigenvalue weighted by Crippen LogP contribution is 2.40. The van der Waals surface area contributed by atoms with Gasteiger partial charge in [0.1, 0.15) is 5.82 Å². The average Bonchev–Trinajstić information content (AvgIpc) is 2.60. The van der Waals surface area contributed by atoms with Crippen LogP contribution in [0.4, 0.5) is 23.8 Å². The summed E-state index contributed by atoms with van der Waals surface area (Å²) in [6, 6.07) is 9.58. The molecule has 0 unspecified atom stereocenters. The number of anilines is 1. The molecule has 1 aromatic carbocycles. The molecular weight excluding hydrogens is 351 g/mol. The van der Waals surface area contributed by atoms with Crippen LogP contribution in [-0.2, 0) is 15.1 Å². The van der Waals surface area contributed by atoms with Gasteiger partial charge in [-0.2, -0.15) is 13.2 Å². The van der Waals surface area contributed by atoms with E-state index >= 15 is 0 Å². The molecule has 1 heterocycles. The van der Waals surface area contributed by atoms with Crippen molar-refractivity contribution in [3.8, 4) is 0 Å². The predicted octanol–water partition coefficient (Wildman–Crippen LogP) is 3.22. The lowest BCUT2D eigenvalue weighted by Crippen LogP contribution is -2.62. The number of urea groups is 1. The molecule has 2 rings (SSSR count). The molecule has 2 amide bonds. The van der Waals surface area contributed by atoms with Gasteiger partial charge in [-0.05, 0) is 24.6 Å². The standard InChI is InChI=1S/C17H16F3N3O3/c1-2-26-14(24)16(17(18,19)20,12-8-4-3-5-9-12)23-15(25)22-13-10-6-7-11-21-13/h3-11H,2H2,1H3,(H2,21,22,23,25)/t16-/m1/s1. The van der Waals surface area contributed by atoms with Crippen molar-refractivity contribution in [2.24, 2.45) is 0 Å². The fraction of sp³-hybridized carbons (Fsp3) is 0.235. The fourth-order valence-corrected chi connectivity index (χ4v) is 2.27. The third kappa shape index (κ3) is 3.93. The van der Waals surface area contributed by atoms with Crippen molar-refractivity contribution in [1.29, 1.82) is 0 Å². The molecule has 0 radical (unpaired) electrons. The molecule has 138 valence electrons. The minimum Gasteiger partial charge on any atom is -0.464 e. The van der Waals surface area contributed by atoms with Crippen molar-refractivity contribution in [3.63, 3.8) is 0 Å². The molecule has 0 saturated carbocycles. The lowest BCUT2D eigenvalue weighted by atomic mass is 9.89. The minimum absolute atomic E-state index is 0.0259. The number of carbonyl (C=O) groups excluding carboxylic acids is 2. The van der Waals surface area contributed by atoms with Gasteiger partial charge in [-0.15, -0.1) is 0 Å². The maximum absolute atomic E-state index is 14.0. The zero-order chi connectivity index (χ0) is 19.2. The van der Waals surface area contributed by atoms with E-state index in [1.54, 1.807) is 17.4 Å². The van der Waals surface area contributed by atoms with Crippen LogP contribution >= 0.6 is 0 Å². The zero-order valence-electron chi connectivity index (χ0n) is 13.7. The summed E-state index contributed by atoms with van der Waals surface area (Å²) in [6.07, 6.45) is -3.79. The van der Waals surface area contributed by atoms with Crippen LogP contribution < -0.4 is 10.6 Å². The van der Waals surface area contributed by atoms with E-state index in [0.717, 1.165) is 12.1 Å². The largest absolute Gasteiger partial charge is 0.464 e. The molecule has 2 aromatic rings. The SMILES string of the molecule is CCOC(=O)[C@](NC(=O)Nc1ccccn1)(c1ccccc1)C(F)(F)F. The molecule has 0 aliphatic heterocycles. The molecule has 0 aliphatic carbocycles. The first-order chi connectivity index (χ1) is 12.3. The summed E-state index contributed by atoms with van der Waals surface area (Å²) >= 11 is 0. The number of aromatic nitrogens is 1. The van der Waals surface area contributed by atoms with Crippen LogP contribution in [0, 0.1) is 0 Å². The summed E-state index contributed by atoms with van der Waals surface area (Å²) in [5.74, 6) is -1.60.